The molecule has 1 amide bonds. The lowest BCUT2D eigenvalue weighted by Crippen LogP contribution is -2.43. The van der Waals surface area contributed by atoms with Crippen LogP contribution in [0.25, 0.3) is 11.4 Å². The number of rotatable bonds is 8. The highest BCUT2D eigenvalue weighted by atomic mass is 79.9. The standard InChI is InChI=1S/C24H26BrFN4O2/c25-20-9-7-18(8-10-20)23-28-22(32-29-23)16-30-14-2-4-19(15-30)24(31)27-13-1-3-17-5-11-21(26)12-6-17/h5-12,19H,1-4,13-16H2,(H,27,31). The van der Waals surface area contributed by atoms with E-state index < -0.39 is 0 Å². The Morgan fingerprint density at radius 1 is 1.19 bits per heavy atom. The fourth-order valence-electron chi connectivity index (χ4n) is 3.94. The number of amides is 1. The Morgan fingerprint density at radius 3 is 2.75 bits per heavy atom. The zero-order chi connectivity index (χ0) is 22.3. The second kappa shape index (κ2) is 10.8. The summed E-state index contributed by atoms with van der Waals surface area (Å²) < 4.78 is 19.4. The lowest BCUT2D eigenvalue weighted by atomic mass is 9.97. The zero-order valence-corrected chi connectivity index (χ0v) is 19.4. The van der Waals surface area contributed by atoms with Crippen molar-refractivity contribution >= 4 is 21.8 Å². The lowest BCUT2D eigenvalue weighted by Gasteiger charge is -2.30. The van der Waals surface area contributed by atoms with Gasteiger partial charge < -0.3 is 9.84 Å². The van der Waals surface area contributed by atoms with E-state index in [2.05, 4.69) is 36.3 Å². The Morgan fingerprint density at radius 2 is 1.97 bits per heavy atom. The molecule has 2 heterocycles. The van der Waals surface area contributed by atoms with Gasteiger partial charge in [0.2, 0.25) is 17.6 Å². The summed E-state index contributed by atoms with van der Waals surface area (Å²) in [4.78, 5) is 19.3. The van der Waals surface area contributed by atoms with Crippen LogP contribution in [0.2, 0.25) is 0 Å². The van der Waals surface area contributed by atoms with Gasteiger partial charge in [0, 0.05) is 23.1 Å². The fraction of sp³-hybridized carbons (Fsp3) is 0.375. The maximum Gasteiger partial charge on any atom is 0.241 e. The molecule has 1 aliphatic rings. The normalized spacial score (nSPS) is 16.8. The molecule has 1 aromatic heterocycles. The molecule has 8 heteroatoms. The number of nitrogens with one attached hydrogen (secondary N) is 1. The Balaban J connectivity index is 1.23. The third-order valence-electron chi connectivity index (χ3n) is 5.66. The zero-order valence-electron chi connectivity index (χ0n) is 17.8. The number of aromatic nitrogens is 2. The van der Waals surface area contributed by atoms with Gasteiger partial charge in [-0.05, 0) is 74.2 Å². The molecule has 1 atom stereocenters. The predicted octanol–water partition coefficient (Wildman–Crippen LogP) is 4.60. The molecule has 4 rings (SSSR count). The monoisotopic (exact) mass is 500 g/mol. The maximum atomic E-state index is 13.0. The molecule has 0 saturated carbocycles. The fourth-order valence-corrected chi connectivity index (χ4v) is 4.20. The van der Waals surface area contributed by atoms with Gasteiger partial charge in [-0.15, -0.1) is 0 Å². The highest BCUT2D eigenvalue weighted by Crippen LogP contribution is 2.21. The molecule has 32 heavy (non-hydrogen) atoms. The molecule has 0 aliphatic carbocycles. The van der Waals surface area contributed by atoms with Crippen LogP contribution in [-0.2, 0) is 17.8 Å². The largest absolute Gasteiger partial charge is 0.356 e. The van der Waals surface area contributed by atoms with Gasteiger partial charge in [-0.1, -0.05) is 33.2 Å². The first-order valence-electron chi connectivity index (χ1n) is 10.9. The van der Waals surface area contributed by atoms with Gasteiger partial charge in [-0.3, -0.25) is 9.69 Å². The van der Waals surface area contributed by atoms with Crippen LogP contribution >= 0.6 is 15.9 Å². The Labute approximate surface area is 195 Å². The summed E-state index contributed by atoms with van der Waals surface area (Å²) in [5, 5.41) is 7.14. The smallest absolute Gasteiger partial charge is 0.241 e. The Kier molecular flexibility index (Phi) is 7.65. The number of halogens is 2. The molecule has 1 fully saturated rings. The van der Waals surface area contributed by atoms with Gasteiger partial charge >= 0.3 is 0 Å². The van der Waals surface area contributed by atoms with Crippen LogP contribution in [-0.4, -0.2) is 40.6 Å². The first-order chi connectivity index (χ1) is 15.6. The number of carbonyl (C=O) groups is 1. The van der Waals surface area contributed by atoms with Gasteiger partial charge in [0.1, 0.15) is 5.82 Å². The summed E-state index contributed by atoms with van der Waals surface area (Å²) >= 11 is 3.42. The predicted molar refractivity (Wildman–Crippen MR) is 123 cm³/mol. The van der Waals surface area contributed by atoms with Crippen molar-refractivity contribution < 1.29 is 13.7 Å². The molecule has 0 spiro atoms. The summed E-state index contributed by atoms with van der Waals surface area (Å²) in [6, 6.07) is 14.3. The van der Waals surface area contributed by atoms with Crippen molar-refractivity contribution in [2.45, 2.75) is 32.2 Å². The summed E-state index contributed by atoms with van der Waals surface area (Å²) in [5.41, 5.74) is 1.98. The Hall–Kier alpha value is -2.58. The second-order valence-corrected chi connectivity index (χ2v) is 9.03. The molecular formula is C24H26BrFN4O2. The number of hydrogen-bond acceptors (Lipinski definition) is 5. The number of aryl methyl sites for hydroxylation is 1. The van der Waals surface area contributed by atoms with E-state index in [9.17, 15) is 9.18 Å². The van der Waals surface area contributed by atoms with E-state index in [1.54, 1.807) is 12.1 Å². The number of piperidine rings is 1. The second-order valence-electron chi connectivity index (χ2n) is 8.11. The third kappa shape index (κ3) is 6.23. The molecule has 1 aliphatic heterocycles. The molecule has 168 valence electrons. The van der Waals surface area contributed by atoms with Crippen molar-refractivity contribution in [1.29, 1.82) is 0 Å². The van der Waals surface area contributed by atoms with E-state index >= 15 is 0 Å². The molecular weight excluding hydrogens is 475 g/mol. The first kappa shape index (κ1) is 22.6. The van der Waals surface area contributed by atoms with Gasteiger partial charge in [-0.25, -0.2) is 4.39 Å². The third-order valence-corrected chi connectivity index (χ3v) is 6.19. The number of nitrogens with zero attached hydrogens (tertiary/aromatic N) is 3. The summed E-state index contributed by atoms with van der Waals surface area (Å²) in [7, 11) is 0. The highest BCUT2D eigenvalue weighted by molar-refractivity contribution is 9.10. The molecule has 3 aromatic rings. The van der Waals surface area contributed by atoms with Crippen LogP contribution in [0.4, 0.5) is 4.39 Å². The minimum Gasteiger partial charge on any atom is -0.356 e. The molecule has 2 aromatic carbocycles. The minimum absolute atomic E-state index is 0.0385. The molecule has 1 saturated heterocycles. The SMILES string of the molecule is O=C(NCCCc1ccc(F)cc1)C1CCCN(Cc2nc(-c3ccc(Br)cc3)no2)C1. The van der Waals surface area contributed by atoms with Crippen LogP contribution in [0, 0.1) is 11.7 Å². The number of likely N-dealkylation sites (tertiary alicyclic amines) is 1. The van der Waals surface area contributed by atoms with Crippen molar-refractivity contribution in [2.24, 2.45) is 5.92 Å². The molecule has 1 N–H and O–H groups in total. The number of hydrogen-bond donors (Lipinski definition) is 1. The van der Waals surface area contributed by atoms with Crippen LogP contribution in [0.5, 0.6) is 0 Å². The van der Waals surface area contributed by atoms with E-state index in [0.717, 1.165) is 47.8 Å². The van der Waals surface area contributed by atoms with Gasteiger partial charge in [-0.2, -0.15) is 4.98 Å². The van der Waals surface area contributed by atoms with E-state index in [0.29, 0.717) is 31.3 Å². The van der Waals surface area contributed by atoms with Gasteiger partial charge in [0.05, 0.1) is 12.5 Å². The topological polar surface area (TPSA) is 71.3 Å². The molecule has 1 unspecified atom stereocenters. The average Bonchev–Trinajstić information content (AvgIpc) is 3.27. The summed E-state index contributed by atoms with van der Waals surface area (Å²) in [6.07, 6.45) is 3.49. The molecule has 0 radical (unpaired) electrons. The van der Waals surface area contributed by atoms with Gasteiger partial charge in [0.15, 0.2) is 0 Å². The van der Waals surface area contributed by atoms with E-state index in [-0.39, 0.29) is 17.6 Å². The van der Waals surface area contributed by atoms with Crippen LogP contribution in [0.15, 0.2) is 57.5 Å². The van der Waals surface area contributed by atoms with Crippen LogP contribution in [0.1, 0.15) is 30.7 Å². The van der Waals surface area contributed by atoms with Gasteiger partial charge in [0.25, 0.3) is 0 Å². The number of benzene rings is 2. The van der Waals surface area contributed by atoms with Crippen molar-refractivity contribution in [1.82, 2.24) is 20.4 Å². The highest BCUT2D eigenvalue weighted by Gasteiger charge is 2.26. The quantitative estimate of drug-likeness (QED) is 0.457. The number of carbonyl (C=O) groups excluding carboxylic acids is 1. The van der Waals surface area contributed by atoms with Crippen molar-refractivity contribution in [2.75, 3.05) is 19.6 Å². The van der Waals surface area contributed by atoms with Crippen LogP contribution in [0.3, 0.4) is 0 Å². The summed E-state index contributed by atoms with van der Waals surface area (Å²) in [5.74, 6) is 0.954. The minimum atomic E-state index is -0.228. The average molecular weight is 501 g/mol. The van der Waals surface area contributed by atoms with E-state index in [4.69, 9.17) is 4.52 Å². The molecule has 6 nitrogen and oxygen atoms in total. The molecule has 0 bridgehead atoms. The first-order valence-corrected chi connectivity index (χ1v) is 11.7. The van der Waals surface area contributed by atoms with Crippen molar-refractivity contribution in [3.05, 3.63) is 70.3 Å². The maximum absolute atomic E-state index is 13.0. The Bertz CT molecular complexity index is 1020. The van der Waals surface area contributed by atoms with Crippen molar-refractivity contribution in [3.8, 4) is 11.4 Å². The summed E-state index contributed by atoms with van der Waals surface area (Å²) in [6.45, 7) is 2.74. The van der Waals surface area contributed by atoms with E-state index in [1.807, 2.05) is 24.3 Å². The van der Waals surface area contributed by atoms with Crippen molar-refractivity contribution in [3.63, 3.8) is 0 Å². The van der Waals surface area contributed by atoms with E-state index in [1.165, 1.54) is 12.1 Å². The lowest BCUT2D eigenvalue weighted by molar-refractivity contribution is -0.126. The van der Waals surface area contributed by atoms with Crippen LogP contribution < -0.4 is 5.32 Å².